The van der Waals surface area contributed by atoms with E-state index in [1.54, 1.807) is 30.7 Å². The fraction of sp³-hybridized carbons (Fsp3) is 0.364. The second-order valence-corrected chi connectivity index (χ2v) is 4.40. The fourth-order valence-electron chi connectivity index (χ4n) is 1.47. The highest BCUT2D eigenvalue weighted by atomic mass is 32.1. The van der Waals surface area contributed by atoms with Crippen molar-refractivity contribution in [2.45, 2.75) is 18.9 Å². The third kappa shape index (κ3) is 3.30. The quantitative estimate of drug-likeness (QED) is 0.742. The molecule has 0 spiro atoms. The first-order valence-corrected chi connectivity index (χ1v) is 6.08. The third-order valence-electron chi connectivity index (χ3n) is 2.17. The van der Waals surface area contributed by atoms with Crippen molar-refractivity contribution in [3.63, 3.8) is 0 Å². The van der Waals surface area contributed by atoms with Crippen LogP contribution < -0.4 is 11.1 Å². The van der Waals surface area contributed by atoms with Crippen molar-refractivity contribution in [1.29, 1.82) is 0 Å². The van der Waals surface area contributed by atoms with Crippen LogP contribution in [0.25, 0.3) is 0 Å². The lowest BCUT2D eigenvalue weighted by molar-refractivity contribution is -0.144. The van der Waals surface area contributed by atoms with E-state index >= 15 is 0 Å². The van der Waals surface area contributed by atoms with E-state index in [1.165, 1.54) is 11.3 Å². The molecule has 3 N–H and O–H groups in total. The first-order chi connectivity index (χ1) is 8.54. The van der Waals surface area contributed by atoms with Gasteiger partial charge in [-0.25, -0.2) is 4.79 Å². The maximum absolute atomic E-state index is 11.5. The van der Waals surface area contributed by atoms with Gasteiger partial charge < -0.3 is 15.8 Å². The maximum atomic E-state index is 11.5. The summed E-state index contributed by atoms with van der Waals surface area (Å²) < 4.78 is 4.77. The van der Waals surface area contributed by atoms with Gasteiger partial charge in [-0.2, -0.15) is 0 Å². The minimum atomic E-state index is -1.58. The topological polar surface area (TPSA) is 98.5 Å². The summed E-state index contributed by atoms with van der Waals surface area (Å²) >= 11 is 1.22. The highest BCUT2D eigenvalue weighted by Crippen LogP contribution is 2.27. The van der Waals surface area contributed by atoms with Crippen LogP contribution in [0.15, 0.2) is 17.5 Å². The lowest BCUT2D eigenvalue weighted by Crippen LogP contribution is -2.50. The summed E-state index contributed by atoms with van der Waals surface area (Å²) in [6.07, 6.45) is 1.35. The van der Waals surface area contributed by atoms with Crippen LogP contribution in [0.4, 0.5) is 4.79 Å². The Hall–Kier alpha value is -1.89. The molecule has 6 nitrogen and oxygen atoms in total. The van der Waals surface area contributed by atoms with Crippen molar-refractivity contribution in [3.8, 4) is 0 Å². The number of hydrogen-bond donors (Lipinski definition) is 2. The molecule has 0 saturated carbocycles. The highest BCUT2D eigenvalue weighted by molar-refractivity contribution is 7.10. The molecule has 0 aliphatic rings. The number of amides is 2. The predicted octanol–water partition coefficient (Wildman–Crippen LogP) is 0.675. The summed E-state index contributed by atoms with van der Waals surface area (Å²) in [5.41, 5.74) is 3.46. The maximum Gasteiger partial charge on any atom is 0.313 e. The fourth-order valence-corrected chi connectivity index (χ4v) is 2.29. The monoisotopic (exact) mass is 269 g/mol. The van der Waals surface area contributed by atoms with Crippen molar-refractivity contribution in [2.24, 2.45) is 5.73 Å². The van der Waals surface area contributed by atoms with Crippen LogP contribution >= 0.6 is 11.3 Å². The molecule has 0 bridgehead atoms. The first kappa shape index (κ1) is 14.2. The summed E-state index contributed by atoms with van der Waals surface area (Å²) in [6, 6.07) is 2.40. The van der Waals surface area contributed by atoms with Crippen LogP contribution in [0.1, 0.15) is 18.2 Å². The van der Waals surface area contributed by atoms with Gasteiger partial charge in [-0.1, -0.05) is 6.07 Å². The Morgan fingerprint density at radius 1 is 1.61 bits per heavy atom. The number of primary amides is 1. The molecule has 97 valence electrons. The van der Waals surface area contributed by atoms with E-state index in [4.69, 9.17) is 10.5 Å². The van der Waals surface area contributed by atoms with Gasteiger partial charge in [0.25, 0.3) is 0 Å². The van der Waals surface area contributed by atoms with Crippen LogP contribution in [0.2, 0.25) is 0 Å². The molecule has 1 heterocycles. The molecule has 0 aliphatic heterocycles. The number of urea groups is 1. The number of ether oxygens (including phenoxy) is 1. The predicted molar refractivity (Wildman–Crippen MR) is 65.7 cm³/mol. The smallest absolute Gasteiger partial charge is 0.313 e. The van der Waals surface area contributed by atoms with Crippen molar-refractivity contribution < 1.29 is 19.1 Å². The van der Waals surface area contributed by atoms with E-state index in [2.05, 4.69) is 5.32 Å². The van der Waals surface area contributed by atoms with Gasteiger partial charge in [0.05, 0.1) is 13.0 Å². The van der Waals surface area contributed by atoms with E-state index in [9.17, 15) is 14.4 Å². The van der Waals surface area contributed by atoms with E-state index in [0.29, 0.717) is 4.88 Å². The molecule has 0 fully saturated rings. The number of carbonyl (C=O) groups excluding carboxylic acids is 3. The number of nitrogens with two attached hydrogens (primary N) is 1. The molecule has 1 unspecified atom stereocenters. The highest BCUT2D eigenvalue weighted by Gasteiger charge is 2.38. The molecule has 18 heavy (non-hydrogen) atoms. The summed E-state index contributed by atoms with van der Waals surface area (Å²) in [4.78, 5) is 34.2. The first-order valence-electron chi connectivity index (χ1n) is 5.20. The Balaban J connectivity index is 3.03. The summed E-state index contributed by atoms with van der Waals surface area (Å²) in [5.74, 6) is -0.608. The minimum absolute atomic E-state index is 0.189. The Morgan fingerprint density at radius 3 is 2.78 bits per heavy atom. The molecule has 0 saturated heterocycles. The zero-order valence-electron chi connectivity index (χ0n) is 9.76. The molecule has 1 radical (unpaired) electrons. The molecule has 1 aromatic heterocycles. The van der Waals surface area contributed by atoms with Gasteiger partial charge in [-0.15, -0.1) is 11.3 Å². The van der Waals surface area contributed by atoms with Crippen LogP contribution in [0.3, 0.4) is 0 Å². The zero-order chi connectivity index (χ0) is 13.6. The molecule has 1 atom stereocenters. The van der Waals surface area contributed by atoms with Gasteiger partial charge in [-0.05, 0) is 18.4 Å². The number of nitrogens with one attached hydrogen (secondary N) is 1. The van der Waals surface area contributed by atoms with Gasteiger partial charge in [-0.3, -0.25) is 9.59 Å². The van der Waals surface area contributed by atoms with E-state index in [-0.39, 0.29) is 13.0 Å². The number of esters is 1. The average molecular weight is 269 g/mol. The number of rotatable bonds is 6. The van der Waals surface area contributed by atoms with Gasteiger partial charge >= 0.3 is 12.0 Å². The van der Waals surface area contributed by atoms with Gasteiger partial charge in [0.1, 0.15) is 0 Å². The normalized spacial score (nSPS) is 13.4. The molecule has 7 heteroatoms. The Kier molecular flexibility index (Phi) is 4.85. The number of carbonyl (C=O) groups is 2. The minimum Gasteiger partial charge on any atom is -0.466 e. The third-order valence-corrected chi connectivity index (χ3v) is 3.20. The average Bonchev–Trinajstić information content (AvgIpc) is 2.81. The summed E-state index contributed by atoms with van der Waals surface area (Å²) in [7, 11) is 0. The second-order valence-electron chi connectivity index (χ2n) is 3.46. The lowest BCUT2D eigenvalue weighted by atomic mass is 9.95. The molecule has 1 rings (SSSR count). The Labute approximate surface area is 108 Å². The summed E-state index contributed by atoms with van der Waals surface area (Å²) in [5, 5.41) is 3.98. The van der Waals surface area contributed by atoms with Crippen LogP contribution in [0.5, 0.6) is 0 Å². The molecular weight excluding hydrogens is 256 g/mol. The SMILES string of the molecule is CCOC(=O)CC([C]=O)(NC(N)=O)c1cccs1. The molecule has 0 aliphatic carbocycles. The molecular formula is C11H13N2O4S. The van der Waals surface area contributed by atoms with Crippen molar-refractivity contribution in [2.75, 3.05) is 6.61 Å². The summed E-state index contributed by atoms with van der Waals surface area (Å²) in [6.45, 7) is 1.84. The Morgan fingerprint density at radius 2 is 2.33 bits per heavy atom. The van der Waals surface area contributed by atoms with Gasteiger partial charge in [0.15, 0.2) is 5.54 Å². The molecule has 1 aromatic rings. The van der Waals surface area contributed by atoms with Crippen LogP contribution in [-0.4, -0.2) is 24.9 Å². The molecule has 0 aromatic carbocycles. The zero-order valence-corrected chi connectivity index (χ0v) is 10.6. The van der Waals surface area contributed by atoms with Crippen LogP contribution in [-0.2, 0) is 19.9 Å². The van der Waals surface area contributed by atoms with Gasteiger partial charge in [0.2, 0.25) is 6.29 Å². The number of thiophene rings is 1. The van der Waals surface area contributed by atoms with E-state index in [0.717, 1.165) is 0 Å². The van der Waals surface area contributed by atoms with Crippen molar-refractivity contribution in [3.05, 3.63) is 22.4 Å². The van der Waals surface area contributed by atoms with E-state index in [1.807, 2.05) is 0 Å². The molecule has 2 amide bonds. The lowest BCUT2D eigenvalue weighted by Gasteiger charge is -2.25. The number of hydrogen-bond acceptors (Lipinski definition) is 5. The van der Waals surface area contributed by atoms with Gasteiger partial charge in [0, 0.05) is 4.88 Å². The van der Waals surface area contributed by atoms with Crippen molar-refractivity contribution >= 4 is 29.6 Å². The van der Waals surface area contributed by atoms with E-state index < -0.39 is 17.5 Å². The largest absolute Gasteiger partial charge is 0.466 e. The van der Waals surface area contributed by atoms with Crippen molar-refractivity contribution in [1.82, 2.24) is 5.32 Å². The second kappa shape index (κ2) is 6.15. The Bertz CT molecular complexity index is 432. The van der Waals surface area contributed by atoms with Crippen LogP contribution in [0, 0.1) is 0 Å². The standard InChI is InChI=1S/C11H13N2O4S/c1-2-17-9(15)6-11(7-14,13-10(12)16)8-4-3-5-18-8/h3-5H,2,6H2,1H3,(H3,12,13,16).